The van der Waals surface area contributed by atoms with Gasteiger partial charge in [0.05, 0.1) is 27.8 Å². The molecule has 0 unspecified atom stereocenters. The first kappa shape index (κ1) is 34.1. The molecule has 9 heteroatoms. The summed E-state index contributed by atoms with van der Waals surface area (Å²) in [5, 5.41) is 9.45. The lowest BCUT2D eigenvalue weighted by Crippen LogP contribution is -2.18. The molecule has 0 heterocycles. The molecule has 0 aliphatic rings. The van der Waals surface area contributed by atoms with E-state index in [4.69, 9.17) is 0 Å². The zero-order valence-corrected chi connectivity index (χ0v) is 25.0. The van der Waals surface area contributed by atoms with Crippen LogP contribution in [0.15, 0.2) is 70.5 Å². The second-order valence-corrected chi connectivity index (χ2v) is 10.7. The number of nitrogens with one attached hydrogen (secondary N) is 2. The van der Waals surface area contributed by atoms with Gasteiger partial charge in [0.25, 0.3) is 20.0 Å². The summed E-state index contributed by atoms with van der Waals surface area (Å²) in [4.78, 5) is 0.102. The second-order valence-electron chi connectivity index (χ2n) is 7.31. The summed E-state index contributed by atoms with van der Waals surface area (Å²) >= 11 is 0. The quantitative estimate of drug-likeness (QED) is 0.300. The van der Waals surface area contributed by atoms with Crippen molar-refractivity contribution in [2.24, 2.45) is 0 Å². The minimum absolute atomic E-state index is 0.0135. The number of aliphatic hydroxyl groups is 1. The van der Waals surface area contributed by atoms with E-state index in [0.29, 0.717) is 5.56 Å². The van der Waals surface area contributed by atoms with Crippen LogP contribution in [-0.4, -0.2) is 21.9 Å². The van der Waals surface area contributed by atoms with Gasteiger partial charge in [0.15, 0.2) is 0 Å². The van der Waals surface area contributed by atoms with Crippen LogP contribution in [0.2, 0.25) is 0 Å². The van der Waals surface area contributed by atoms with Crippen molar-refractivity contribution in [1.82, 2.24) is 0 Å². The highest BCUT2D eigenvalue weighted by atomic mass is 32.2. The van der Waals surface area contributed by atoms with Gasteiger partial charge in [0, 0.05) is 0 Å². The van der Waals surface area contributed by atoms with Gasteiger partial charge in [-0.3, -0.25) is 9.44 Å². The Bertz CT molecular complexity index is 1320. The molecule has 0 bridgehead atoms. The fourth-order valence-electron chi connectivity index (χ4n) is 2.87. The van der Waals surface area contributed by atoms with E-state index in [-0.39, 0.29) is 27.8 Å². The molecule has 7 nitrogen and oxygen atoms in total. The number of hydrogen-bond donors (Lipinski definition) is 3. The number of sulfonamides is 2. The summed E-state index contributed by atoms with van der Waals surface area (Å²) < 4.78 is 56.4. The van der Waals surface area contributed by atoms with E-state index in [1.807, 2.05) is 62.3 Å². The summed E-state index contributed by atoms with van der Waals surface area (Å²) in [5.41, 5.74) is 3.17. The van der Waals surface area contributed by atoms with E-state index in [1.165, 1.54) is 36.4 Å². The number of hydrogen-bond acceptors (Lipinski definition) is 5. The molecule has 3 aromatic carbocycles. The van der Waals surface area contributed by atoms with Crippen molar-refractivity contribution < 1.29 is 21.9 Å². The van der Waals surface area contributed by atoms with E-state index in [2.05, 4.69) is 9.44 Å². The number of anilines is 2. The predicted molar refractivity (Wildman–Crippen MR) is 155 cm³/mol. The molecular weight excluding hydrogens is 508 g/mol. The van der Waals surface area contributed by atoms with Crippen molar-refractivity contribution in [2.75, 3.05) is 9.44 Å². The first-order valence-electron chi connectivity index (χ1n) is 12.5. The van der Waals surface area contributed by atoms with Gasteiger partial charge >= 0.3 is 0 Å². The number of aryl methyl sites for hydroxylation is 3. The molecule has 3 aromatic rings. The SMILES string of the molecule is CC.CC.CC.Cc1ccc(S(=O)(=O)Nc2cc(CO)ccc2NS(=O)(=O)c2ccc(C)c(C)c2)cc1. The topological polar surface area (TPSA) is 113 Å². The lowest BCUT2D eigenvalue weighted by molar-refractivity contribution is 0.282. The van der Waals surface area contributed by atoms with Crippen LogP contribution in [0.3, 0.4) is 0 Å². The van der Waals surface area contributed by atoms with Crippen molar-refractivity contribution >= 4 is 31.4 Å². The Morgan fingerprint density at radius 2 is 1.08 bits per heavy atom. The molecule has 0 radical (unpaired) electrons. The van der Waals surface area contributed by atoms with Gasteiger partial charge in [0.2, 0.25) is 0 Å². The van der Waals surface area contributed by atoms with Gasteiger partial charge in [0.1, 0.15) is 0 Å². The number of rotatable bonds is 7. The Labute approximate surface area is 224 Å². The molecule has 3 rings (SSSR count). The fourth-order valence-corrected chi connectivity index (χ4v) is 5.10. The van der Waals surface area contributed by atoms with Gasteiger partial charge < -0.3 is 5.11 Å². The first-order valence-corrected chi connectivity index (χ1v) is 15.4. The Hall–Kier alpha value is -2.88. The zero-order valence-electron chi connectivity index (χ0n) is 23.4. The Morgan fingerprint density at radius 1 is 0.595 bits per heavy atom. The average Bonchev–Trinajstić information content (AvgIpc) is 2.90. The third-order valence-corrected chi connectivity index (χ3v) is 7.62. The number of aliphatic hydroxyl groups excluding tert-OH is 1. The van der Waals surface area contributed by atoms with Gasteiger partial charge in [-0.15, -0.1) is 0 Å². The molecule has 37 heavy (non-hydrogen) atoms. The lowest BCUT2D eigenvalue weighted by Gasteiger charge is -2.16. The van der Waals surface area contributed by atoms with Crippen LogP contribution in [0.4, 0.5) is 11.4 Å². The standard InChI is InChI=1S/C22H24N2O5S2.3C2H6/c1-15-4-8-19(9-5-15)30(26,27)24-22-13-18(14-25)7-11-21(22)23-31(28,29)20-10-6-16(2)17(3)12-20;3*1-2/h4-13,23-25H,14H2,1-3H3;3*1-2H3. The van der Waals surface area contributed by atoms with Crippen molar-refractivity contribution in [2.45, 2.75) is 78.7 Å². The minimum atomic E-state index is -3.98. The molecule has 0 aliphatic heterocycles. The average molecular weight is 551 g/mol. The van der Waals surface area contributed by atoms with E-state index >= 15 is 0 Å². The van der Waals surface area contributed by atoms with Crippen LogP contribution in [0.1, 0.15) is 63.8 Å². The maximum Gasteiger partial charge on any atom is 0.261 e. The highest BCUT2D eigenvalue weighted by Gasteiger charge is 2.20. The van der Waals surface area contributed by atoms with Gasteiger partial charge in [-0.2, -0.15) is 0 Å². The van der Waals surface area contributed by atoms with E-state index in [9.17, 15) is 21.9 Å². The number of benzene rings is 3. The van der Waals surface area contributed by atoms with E-state index in [0.717, 1.165) is 16.7 Å². The molecule has 0 fully saturated rings. The Morgan fingerprint density at radius 3 is 1.59 bits per heavy atom. The monoisotopic (exact) mass is 550 g/mol. The summed E-state index contributed by atoms with van der Waals surface area (Å²) in [6, 6.07) is 15.3. The maximum absolute atomic E-state index is 12.9. The van der Waals surface area contributed by atoms with Crippen molar-refractivity contribution in [1.29, 1.82) is 0 Å². The minimum Gasteiger partial charge on any atom is -0.392 e. The molecule has 0 saturated heterocycles. The van der Waals surface area contributed by atoms with E-state index in [1.54, 1.807) is 24.3 Å². The lowest BCUT2D eigenvalue weighted by atomic mass is 10.1. The highest BCUT2D eigenvalue weighted by Crippen LogP contribution is 2.29. The van der Waals surface area contributed by atoms with Gasteiger partial charge in [-0.05, 0) is 73.9 Å². The van der Waals surface area contributed by atoms with Crippen molar-refractivity contribution in [3.63, 3.8) is 0 Å². The van der Waals surface area contributed by atoms with Crippen molar-refractivity contribution in [3.8, 4) is 0 Å². The van der Waals surface area contributed by atoms with Gasteiger partial charge in [-0.1, -0.05) is 71.4 Å². The molecular formula is C28H42N2O5S2. The Kier molecular flexibility index (Phi) is 14.8. The van der Waals surface area contributed by atoms with Crippen LogP contribution in [-0.2, 0) is 26.7 Å². The maximum atomic E-state index is 12.9. The smallest absolute Gasteiger partial charge is 0.261 e. The molecule has 0 atom stereocenters. The third-order valence-electron chi connectivity index (χ3n) is 4.88. The van der Waals surface area contributed by atoms with Crippen LogP contribution in [0.5, 0.6) is 0 Å². The second kappa shape index (κ2) is 16.1. The zero-order chi connectivity index (χ0) is 28.8. The van der Waals surface area contributed by atoms with Crippen LogP contribution < -0.4 is 9.44 Å². The molecule has 0 amide bonds. The Balaban J connectivity index is 0.00000201. The largest absolute Gasteiger partial charge is 0.392 e. The molecule has 3 N–H and O–H groups in total. The molecule has 0 saturated carbocycles. The fraction of sp³-hybridized carbons (Fsp3) is 0.357. The normalized spacial score (nSPS) is 10.4. The molecule has 0 aromatic heterocycles. The summed E-state index contributed by atoms with van der Waals surface area (Å²) in [7, 11) is -7.94. The molecule has 0 aliphatic carbocycles. The summed E-state index contributed by atoms with van der Waals surface area (Å²) in [6.07, 6.45) is 0. The third kappa shape index (κ3) is 9.83. The van der Waals surface area contributed by atoms with E-state index < -0.39 is 20.0 Å². The predicted octanol–water partition coefficient (Wildman–Crippen LogP) is 6.78. The highest BCUT2D eigenvalue weighted by molar-refractivity contribution is 7.93. The van der Waals surface area contributed by atoms with Crippen LogP contribution in [0.25, 0.3) is 0 Å². The summed E-state index contributed by atoms with van der Waals surface area (Å²) in [6.45, 7) is 17.2. The van der Waals surface area contributed by atoms with Crippen molar-refractivity contribution in [3.05, 3.63) is 82.9 Å². The van der Waals surface area contributed by atoms with Crippen LogP contribution in [0, 0.1) is 20.8 Å². The summed E-state index contributed by atoms with van der Waals surface area (Å²) in [5.74, 6) is 0. The molecule has 0 spiro atoms. The van der Waals surface area contributed by atoms with Crippen LogP contribution >= 0.6 is 0 Å². The first-order chi connectivity index (χ1) is 17.5. The van der Waals surface area contributed by atoms with Gasteiger partial charge in [-0.25, -0.2) is 16.8 Å². The molecule has 206 valence electrons.